The van der Waals surface area contributed by atoms with Crippen molar-refractivity contribution in [3.63, 3.8) is 0 Å². The zero-order valence-corrected chi connectivity index (χ0v) is 26.0. The number of carbonyl (C=O) groups excluding carboxylic acids is 2. The highest BCUT2D eigenvalue weighted by molar-refractivity contribution is 7.92. The summed E-state index contributed by atoms with van der Waals surface area (Å²) >= 11 is 18.9. The van der Waals surface area contributed by atoms with Crippen LogP contribution in [0.3, 0.4) is 0 Å². The van der Waals surface area contributed by atoms with Crippen LogP contribution in [0.15, 0.2) is 66.7 Å². The molecule has 1 aliphatic rings. The van der Waals surface area contributed by atoms with Crippen LogP contribution >= 0.6 is 34.8 Å². The number of carbonyl (C=O) groups is 2. The van der Waals surface area contributed by atoms with Gasteiger partial charge in [-0.05, 0) is 48.7 Å². The van der Waals surface area contributed by atoms with E-state index in [0.29, 0.717) is 15.6 Å². The van der Waals surface area contributed by atoms with Crippen LogP contribution in [0.1, 0.15) is 36.8 Å². The van der Waals surface area contributed by atoms with E-state index in [-0.39, 0.29) is 35.6 Å². The average Bonchev–Trinajstić information content (AvgIpc) is 3.45. The number of anilines is 1. The highest BCUT2D eigenvalue weighted by Crippen LogP contribution is 2.29. The molecule has 224 valence electrons. The van der Waals surface area contributed by atoms with Crippen molar-refractivity contribution >= 4 is 62.3 Å². The summed E-state index contributed by atoms with van der Waals surface area (Å²) in [6.07, 6.45) is 4.75. The van der Waals surface area contributed by atoms with Crippen LogP contribution in [0, 0.1) is 5.82 Å². The highest BCUT2D eigenvalue weighted by Gasteiger charge is 2.35. The first-order chi connectivity index (χ1) is 19.9. The minimum absolute atomic E-state index is 0.00277. The molecule has 7 nitrogen and oxygen atoms in total. The first-order valence-electron chi connectivity index (χ1n) is 13.4. The Kier molecular flexibility index (Phi) is 10.8. The molecular formula is C30H31Cl3FN3O4S. The van der Waals surface area contributed by atoms with Gasteiger partial charge in [-0.3, -0.25) is 13.9 Å². The van der Waals surface area contributed by atoms with Gasteiger partial charge >= 0.3 is 0 Å². The van der Waals surface area contributed by atoms with Crippen molar-refractivity contribution in [3.05, 3.63) is 98.7 Å². The zero-order chi connectivity index (χ0) is 30.4. The Morgan fingerprint density at radius 2 is 1.60 bits per heavy atom. The van der Waals surface area contributed by atoms with E-state index in [9.17, 15) is 22.4 Å². The maximum atomic E-state index is 14.2. The lowest BCUT2D eigenvalue weighted by molar-refractivity contribution is -0.140. The van der Waals surface area contributed by atoms with Crippen LogP contribution in [-0.2, 0) is 32.6 Å². The number of hydrogen-bond donors (Lipinski definition) is 1. The Morgan fingerprint density at radius 3 is 2.19 bits per heavy atom. The van der Waals surface area contributed by atoms with Crippen molar-refractivity contribution in [2.75, 3.05) is 17.1 Å². The fraction of sp³-hybridized carbons (Fsp3) is 0.333. The number of halogens is 4. The Bertz CT molecular complexity index is 1520. The average molecular weight is 655 g/mol. The second kappa shape index (κ2) is 14.1. The van der Waals surface area contributed by atoms with E-state index in [1.807, 2.05) is 30.3 Å². The SMILES string of the molecule is CS(=O)(=O)N(CC(=O)N(Cc1c(Cl)cccc1Cl)[C@@H](Cc1ccccc1)C(=O)NC1CCCC1)c1ccc(F)c(Cl)c1. The van der Waals surface area contributed by atoms with Crippen molar-refractivity contribution in [1.82, 2.24) is 10.2 Å². The third kappa shape index (κ3) is 8.16. The van der Waals surface area contributed by atoms with E-state index in [1.165, 1.54) is 11.0 Å². The molecule has 0 unspecified atom stereocenters. The third-order valence-electron chi connectivity index (χ3n) is 7.23. The minimum Gasteiger partial charge on any atom is -0.352 e. The molecule has 42 heavy (non-hydrogen) atoms. The molecule has 12 heteroatoms. The molecule has 3 aromatic rings. The molecule has 0 radical (unpaired) electrons. The lowest BCUT2D eigenvalue weighted by Crippen LogP contribution is -2.54. The first kappa shape index (κ1) is 32.1. The maximum absolute atomic E-state index is 14.2. The van der Waals surface area contributed by atoms with Gasteiger partial charge < -0.3 is 10.2 Å². The van der Waals surface area contributed by atoms with Crippen LogP contribution in [-0.4, -0.2) is 50.0 Å². The molecule has 0 aliphatic heterocycles. The van der Waals surface area contributed by atoms with Crippen molar-refractivity contribution in [2.24, 2.45) is 0 Å². The number of rotatable bonds is 11. The predicted molar refractivity (Wildman–Crippen MR) is 165 cm³/mol. The lowest BCUT2D eigenvalue weighted by atomic mass is 10.0. The smallest absolute Gasteiger partial charge is 0.244 e. The van der Waals surface area contributed by atoms with Gasteiger partial charge in [-0.1, -0.05) is 84.0 Å². The summed E-state index contributed by atoms with van der Waals surface area (Å²) in [5, 5.41) is 3.37. The molecule has 1 aliphatic carbocycles. The summed E-state index contributed by atoms with van der Waals surface area (Å²) in [4.78, 5) is 29.4. The summed E-state index contributed by atoms with van der Waals surface area (Å²) in [6, 6.07) is 16.5. The summed E-state index contributed by atoms with van der Waals surface area (Å²) in [7, 11) is -4.04. The van der Waals surface area contributed by atoms with Gasteiger partial charge in [0.15, 0.2) is 0 Å². The summed E-state index contributed by atoms with van der Waals surface area (Å²) in [6.45, 7) is -0.834. The van der Waals surface area contributed by atoms with Gasteiger partial charge in [0.2, 0.25) is 21.8 Å². The fourth-order valence-electron chi connectivity index (χ4n) is 5.03. The van der Waals surface area contributed by atoms with Crippen LogP contribution in [0.5, 0.6) is 0 Å². The molecule has 0 saturated heterocycles. The van der Waals surface area contributed by atoms with Crippen LogP contribution in [0.4, 0.5) is 10.1 Å². The Labute approximate surface area is 260 Å². The molecule has 0 aromatic heterocycles. The van der Waals surface area contributed by atoms with Crippen molar-refractivity contribution in [2.45, 2.75) is 50.7 Å². The molecule has 0 bridgehead atoms. The first-order valence-corrected chi connectivity index (χ1v) is 16.4. The third-order valence-corrected chi connectivity index (χ3v) is 9.37. The minimum atomic E-state index is -4.04. The monoisotopic (exact) mass is 653 g/mol. The quantitative estimate of drug-likeness (QED) is 0.265. The van der Waals surface area contributed by atoms with Gasteiger partial charge in [0.05, 0.1) is 17.0 Å². The molecule has 0 heterocycles. The molecule has 3 aromatic carbocycles. The van der Waals surface area contributed by atoms with E-state index in [1.54, 1.807) is 18.2 Å². The van der Waals surface area contributed by atoms with E-state index >= 15 is 0 Å². The molecular weight excluding hydrogens is 624 g/mol. The molecule has 2 amide bonds. The lowest BCUT2D eigenvalue weighted by Gasteiger charge is -2.34. The Balaban J connectivity index is 1.77. The molecule has 0 spiro atoms. The van der Waals surface area contributed by atoms with Gasteiger partial charge in [-0.25, -0.2) is 12.8 Å². The molecule has 1 N–H and O–H groups in total. The zero-order valence-electron chi connectivity index (χ0n) is 22.9. The predicted octanol–water partition coefficient (Wildman–Crippen LogP) is 6.25. The van der Waals surface area contributed by atoms with Gasteiger partial charge in [0.25, 0.3) is 0 Å². The van der Waals surface area contributed by atoms with Crippen LogP contribution in [0.2, 0.25) is 15.1 Å². The topological polar surface area (TPSA) is 86.8 Å². The maximum Gasteiger partial charge on any atom is 0.244 e. The number of nitrogens with one attached hydrogen (secondary N) is 1. The van der Waals surface area contributed by atoms with E-state index in [0.717, 1.165) is 53.9 Å². The highest BCUT2D eigenvalue weighted by atomic mass is 35.5. The second-order valence-corrected chi connectivity index (χ2v) is 13.4. The van der Waals surface area contributed by atoms with Crippen molar-refractivity contribution in [3.8, 4) is 0 Å². The summed E-state index contributed by atoms with van der Waals surface area (Å²) in [5.41, 5.74) is 1.22. The van der Waals surface area contributed by atoms with Gasteiger partial charge in [0, 0.05) is 34.6 Å². The van der Waals surface area contributed by atoms with Gasteiger partial charge in [0.1, 0.15) is 18.4 Å². The fourth-order valence-corrected chi connectivity index (χ4v) is 6.56. The van der Waals surface area contributed by atoms with Crippen LogP contribution in [0.25, 0.3) is 0 Å². The number of hydrogen-bond acceptors (Lipinski definition) is 4. The molecule has 1 atom stereocenters. The van der Waals surface area contributed by atoms with Crippen LogP contribution < -0.4 is 9.62 Å². The second-order valence-electron chi connectivity index (χ2n) is 10.3. The van der Waals surface area contributed by atoms with Gasteiger partial charge in [-0.2, -0.15) is 0 Å². The number of amides is 2. The summed E-state index contributed by atoms with van der Waals surface area (Å²) in [5.74, 6) is -1.78. The molecule has 1 saturated carbocycles. The number of benzene rings is 3. The van der Waals surface area contributed by atoms with E-state index in [2.05, 4.69) is 5.32 Å². The van der Waals surface area contributed by atoms with Crippen molar-refractivity contribution < 1.29 is 22.4 Å². The normalized spacial score (nSPS) is 14.4. The Morgan fingerprint density at radius 1 is 0.952 bits per heavy atom. The van der Waals surface area contributed by atoms with E-state index < -0.39 is 34.3 Å². The summed E-state index contributed by atoms with van der Waals surface area (Å²) < 4.78 is 40.5. The largest absolute Gasteiger partial charge is 0.352 e. The standard InChI is InChI=1S/C30H31Cl3FN3O4S/c1-42(40,41)37(22-14-15-27(34)26(33)17-22)19-29(38)36(18-23-24(31)12-7-13-25(23)32)28(16-20-8-3-2-4-9-20)30(39)35-21-10-5-6-11-21/h2-4,7-9,12-15,17,21,28H,5-6,10-11,16,18-19H2,1H3,(H,35,39)/t28-/m0/s1. The molecule has 4 rings (SSSR count). The number of sulfonamides is 1. The number of nitrogens with zero attached hydrogens (tertiary/aromatic N) is 2. The van der Waals surface area contributed by atoms with Crippen molar-refractivity contribution in [1.29, 1.82) is 0 Å². The van der Waals surface area contributed by atoms with Gasteiger partial charge in [-0.15, -0.1) is 0 Å². The molecule has 1 fully saturated rings. The van der Waals surface area contributed by atoms with E-state index in [4.69, 9.17) is 34.8 Å². The Hall–Kier alpha value is -2.85.